The van der Waals surface area contributed by atoms with Crippen molar-refractivity contribution in [2.45, 2.75) is 31.9 Å². The van der Waals surface area contributed by atoms with E-state index in [-0.39, 0.29) is 23.4 Å². The summed E-state index contributed by atoms with van der Waals surface area (Å²) in [5.41, 5.74) is 3.75. The van der Waals surface area contributed by atoms with Crippen LogP contribution in [0.25, 0.3) is 0 Å². The van der Waals surface area contributed by atoms with Crippen LogP contribution >= 0.6 is 11.6 Å². The maximum atomic E-state index is 13.3. The average Bonchev–Trinajstić information content (AvgIpc) is 2.98. The Kier molecular flexibility index (Phi) is 10.2. The maximum absolute atomic E-state index is 13.3. The lowest BCUT2D eigenvalue weighted by molar-refractivity contribution is -0.137. The molecule has 0 unspecified atom stereocenters. The topological polar surface area (TPSA) is 94.0 Å². The van der Waals surface area contributed by atoms with E-state index >= 15 is 0 Å². The molecule has 218 valence electrons. The highest BCUT2D eigenvalue weighted by atomic mass is 35.5. The summed E-state index contributed by atoms with van der Waals surface area (Å²) >= 11 is 5.68. The van der Waals surface area contributed by atoms with Gasteiger partial charge in [-0.05, 0) is 72.9 Å². The lowest BCUT2D eigenvalue weighted by Gasteiger charge is -2.29. The number of hydrogen-bond acceptors (Lipinski definition) is 5. The Labute approximate surface area is 246 Å². The lowest BCUT2D eigenvalue weighted by atomic mass is 10.1. The van der Waals surface area contributed by atoms with E-state index in [1.165, 1.54) is 6.07 Å². The molecule has 7 nitrogen and oxygen atoms in total. The van der Waals surface area contributed by atoms with E-state index in [1.807, 2.05) is 12.1 Å². The highest BCUT2D eigenvalue weighted by Crippen LogP contribution is 2.35. The predicted molar refractivity (Wildman–Crippen MR) is 157 cm³/mol. The van der Waals surface area contributed by atoms with Crippen molar-refractivity contribution in [3.63, 3.8) is 0 Å². The molecule has 2 amide bonds. The first-order valence-electron chi connectivity index (χ1n) is 13.2. The van der Waals surface area contributed by atoms with E-state index in [0.717, 1.165) is 62.0 Å². The number of aliphatic hydroxyl groups is 1. The fourth-order valence-corrected chi connectivity index (χ4v) is 4.71. The summed E-state index contributed by atoms with van der Waals surface area (Å²) in [5.74, 6) is 4.27. The van der Waals surface area contributed by atoms with Crippen LogP contribution in [0, 0.1) is 11.8 Å². The fourth-order valence-electron chi connectivity index (χ4n) is 4.48. The predicted octanol–water partition coefficient (Wildman–Crippen LogP) is 5.90. The highest BCUT2D eigenvalue weighted by Gasteiger charge is 2.33. The molecule has 1 aliphatic heterocycles. The van der Waals surface area contributed by atoms with Gasteiger partial charge in [-0.3, -0.25) is 9.59 Å². The summed E-state index contributed by atoms with van der Waals surface area (Å²) in [6.07, 6.45) is -0.0390. The minimum absolute atomic E-state index is 0.0891. The fraction of sp³-hybridized carbons (Fsp3) is 0.258. The van der Waals surface area contributed by atoms with Gasteiger partial charge in [0.1, 0.15) is 6.61 Å². The van der Waals surface area contributed by atoms with Crippen molar-refractivity contribution in [2.24, 2.45) is 5.10 Å². The Bertz CT molecular complexity index is 1540. The molecule has 11 heteroatoms. The van der Waals surface area contributed by atoms with E-state index < -0.39 is 28.6 Å². The molecule has 0 atom stereocenters. The van der Waals surface area contributed by atoms with E-state index in [2.05, 4.69) is 32.6 Å². The number of benzene rings is 3. The summed E-state index contributed by atoms with van der Waals surface area (Å²) in [5, 5.41) is 15.0. The largest absolute Gasteiger partial charge is 0.417 e. The molecule has 0 bridgehead atoms. The van der Waals surface area contributed by atoms with E-state index in [9.17, 15) is 22.8 Å². The lowest BCUT2D eigenvalue weighted by Crippen LogP contribution is -2.30. The Morgan fingerprint density at radius 3 is 2.52 bits per heavy atom. The molecule has 0 aliphatic carbocycles. The van der Waals surface area contributed by atoms with Crippen LogP contribution in [0.5, 0.6) is 0 Å². The van der Waals surface area contributed by atoms with Crippen LogP contribution in [-0.4, -0.2) is 42.8 Å². The van der Waals surface area contributed by atoms with E-state index in [0.29, 0.717) is 12.0 Å². The molecule has 1 heterocycles. The van der Waals surface area contributed by atoms with Crippen molar-refractivity contribution < 1.29 is 27.9 Å². The smallest absolute Gasteiger partial charge is 0.384 e. The Morgan fingerprint density at radius 1 is 1.00 bits per heavy atom. The molecule has 42 heavy (non-hydrogen) atoms. The second kappa shape index (κ2) is 14.0. The van der Waals surface area contributed by atoms with Gasteiger partial charge >= 0.3 is 6.18 Å². The third kappa shape index (κ3) is 8.12. The second-order valence-corrected chi connectivity index (χ2v) is 9.96. The van der Waals surface area contributed by atoms with Gasteiger partial charge in [0.05, 0.1) is 28.1 Å². The standard InChI is InChI=1S/C31H28ClF3N4O3/c32-27-12-10-22(18-26(27)31(33,34)35)20-36-38-30(42)25-19-24(39-14-3-1-4-15-39)11-13-28(25)37-29(41)23-9-6-8-21(17-23)7-2-5-16-40/h6,8-13,17-20,40H,1,3-4,7,14-16H2,(H,37,41)(H,38,42)/b36-20+. The maximum Gasteiger partial charge on any atom is 0.417 e. The number of hydrazone groups is 1. The van der Waals surface area contributed by atoms with E-state index in [4.69, 9.17) is 16.7 Å². The SMILES string of the molecule is O=C(Nc1ccc(N2CCCCC2)cc1C(=O)N/N=C/c1ccc(Cl)c(C(F)(F)F)c1)c1cccc(CC#CCO)c1. The van der Waals surface area contributed by atoms with Gasteiger partial charge in [-0.25, -0.2) is 5.43 Å². The number of rotatable bonds is 7. The molecule has 1 saturated heterocycles. The molecule has 0 aromatic heterocycles. The second-order valence-electron chi connectivity index (χ2n) is 9.56. The minimum Gasteiger partial charge on any atom is -0.384 e. The molecule has 1 aliphatic rings. The zero-order valence-electron chi connectivity index (χ0n) is 22.5. The monoisotopic (exact) mass is 596 g/mol. The van der Waals surface area contributed by atoms with Gasteiger partial charge in [-0.2, -0.15) is 18.3 Å². The van der Waals surface area contributed by atoms with E-state index in [1.54, 1.807) is 30.3 Å². The molecule has 3 aromatic rings. The van der Waals surface area contributed by atoms with Crippen LogP contribution in [0.4, 0.5) is 24.5 Å². The van der Waals surface area contributed by atoms with Gasteiger partial charge in [-0.1, -0.05) is 41.6 Å². The van der Waals surface area contributed by atoms with Gasteiger partial charge in [-0.15, -0.1) is 0 Å². The van der Waals surface area contributed by atoms with Crippen LogP contribution in [-0.2, 0) is 12.6 Å². The number of aliphatic hydroxyl groups excluding tert-OH is 1. The first-order chi connectivity index (χ1) is 20.2. The molecule has 3 N–H and O–H groups in total. The summed E-state index contributed by atoms with van der Waals surface area (Å²) in [6, 6.07) is 15.3. The quantitative estimate of drug-likeness (QED) is 0.180. The number of nitrogens with one attached hydrogen (secondary N) is 2. The zero-order valence-corrected chi connectivity index (χ0v) is 23.2. The molecular weight excluding hydrogens is 569 g/mol. The third-order valence-corrected chi connectivity index (χ3v) is 6.91. The first-order valence-corrected chi connectivity index (χ1v) is 13.6. The number of piperidine rings is 1. The molecule has 0 saturated carbocycles. The van der Waals surface area contributed by atoms with Crippen molar-refractivity contribution in [3.8, 4) is 11.8 Å². The number of anilines is 2. The Morgan fingerprint density at radius 2 is 1.79 bits per heavy atom. The number of nitrogens with zero attached hydrogens (tertiary/aromatic N) is 2. The highest BCUT2D eigenvalue weighted by molar-refractivity contribution is 6.31. The van der Waals surface area contributed by atoms with Crippen molar-refractivity contribution >= 4 is 41.0 Å². The van der Waals surface area contributed by atoms with Crippen molar-refractivity contribution in [1.82, 2.24) is 5.43 Å². The van der Waals surface area contributed by atoms with Crippen LogP contribution in [0.15, 0.2) is 65.8 Å². The molecule has 4 rings (SSSR count). The number of amides is 2. The molecule has 0 spiro atoms. The Balaban J connectivity index is 1.57. The number of halogens is 4. The number of carbonyl (C=O) groups excluding carboxylic acids is 2. The summed E-state index contributed by atoms with van der Waals surface area (Å²) < 4.78 is 39.6. The van der Waals surface area contributed by atoms with Gasteiger partial charge in [0.25, 0.3) is 11.8 Å². The molecular formula is C31H28ClF3N4O3. The van der Waals surface area contributed by atoms with Gasteiger partial charge in [0.15, 0.2) is 0 Å². The third-order valence-electron chi connectivity index (χ3n) is 6.58. The van der Waals surface area contributed by atoms with Crippen LogP contribution < -0.4 is 15.6 Å². The number of hydrogen-bond donors (Lipinski definition) is 3. The number of carbonyl (C=O) groups is 2. The molecule has 0 radical (unpaired) electrons. The number of alkyl halides is 3. The normalized spacial score (nSPS) is 13.4. The molecule has 1 fully saturated rings. The van der Waals surface area contributed by atoms with Gasteiger partial charge in [0, 0.05) is 30.8 Å². The van der Waals surface area contributed by atoms with Crippen molar-refractivity contribution in [1.29, 1.82) is 0 Å². The summed E-state index contributed by atoms with van der Waals surface area (Å²) in [7, 11) is 0. The zero-order chi connectivity index (χ0) is 30.1. The first kappa shape index (κ1) is 30.6. The summed E-state index contributed by atoms with van der Waals surface area (Å²) in [6.45, 7) is 1.40. The molecule has 3 aromatic carbocycles. The van der Waals surface area contributed by atoms with Gasteiger partial charge < -0.3 is 15.3 Å². The van der Waals surface area contributed by atoms with Crippen LogP contribution in [0.1, 0.15) is 56.7 Å². The van der Waals surface area contributed by atoms with Gasteiger partial charge in [0.2, 0.25) is 0 Å². The van der Waals surface area contributed by atoms with Crippen molar-refractivity contribution in [2.75, 3.05) is 29.9 Å². The summed E-state index contributed by atoms with van der Waals surface area (Å²) in [4.78, 5) is 28.5. The van der Waals surface area contributed by atoms with Crippen molar-refractivity contribution in [3.05, 3.63) is 93.5 Å². The van der Waals surface area contributed by atoms with Crippen LogP contribution in [0.3, 0.4) is 0 Å². The minimum atomic E-state index is -4.64. The average molecular weight is 597 g/mol. The Hall–Kier alpha value is -4.33. The van der Waals surface area contributed by atoms with Crippen LogP contribution in [0.2, 0.25) is 5.02 Å².